The summed E-state index contributed by atoms with van der Waals surface area (Å²) in [5, 5.41) is 14.4. The van der Waals surface area contributed by atoms with Crippen molar-refractivity contribution in [3.8, 4) is 0 Å². The van der Waals surface area contributed by atoms with Gasteiger partial charge in [0, 0.05) is 35.4 Å². The number of halogens is 1. The molecular formula is C11H14ClN3O2. The lowest BCUT2D eigenvalue weighted by Gasteiger charge is -2.08. The quantitative estimate of drug-likeness (QED) is 0.648. The summed E-state index contributed by atoms with van der Waals surface area (Å²) < 4.78 is 0. The molecule has 92 valence electrons. The summed E-state index contributed by atoms with van der Waals surface area (Å²) in [6.45, 7) is 7.80. The van der Waals surface area contributed by atoms with Crippen LogP contribution >= 0.6 is 11.6 Å². The third kappa shape index (κ3) is 3.51. The molecule has 0 aliphatic heterocycles. The lowest BCUT2D eigenvalue weighted by molar-refractivity contribution is -0.386. The van der Waals surface area contributed by atoms with Crippen molar-refractivity contribution in [2.45, 2.75) is 20.4 Å². The second-order valence-corrected chi connectivity index (χ2v) is 4.27. The van der Waals surface area contributed by atoms with Gasteiger partial charge in [-0.3, -0.25) is 15.1 Å². The normalized spacial score (nSPS) is 10.3. The predicted molar refractivity (Wildman–Crippen MR) is 67.1 cm³/mol. The summed E-state index contributed by atoms with van der Waals surface area (Å²) >= 11 is 5.61. The molecule has 0 amide bonds. The Labute approximate surface area is 105 Å². The fourth-order valence-electron chi connectivity index (χ4n) is 1.54. The van der Waals surface area contributed by atoms with Crippen molar-refractivity contribution in [1.29, 1.82) is 0 Å². The Bertz CT molecular complexity index is 460. The minimum absolute atomic E-state index is 0.126. The lowest BCUT2D eigenvalue weighted by atomic mass is 10.1. The van der Waals surface area contributed by atoms with Gasteiger partial charge in [-0.25, -0.2) is 0 Å². The molecule has 1 N–H and O–H groups in total. The van der Waals surface area contributed by atoms with Crippen molar-refractivity contribution in [2.24, 2.45) is 0 Å². The summed E-state index contributed by atoms with van der Waals surface area (Å²) in [7, 11) is 0. The smallest absolute Gasteiger partial charge is 0.278 e. The molecule has 0 aliphatic carbocycles. The standard InChI is InChI=1S/C11H14ClN3O2/c1-7-4-14-10(6-13-5-8(2)12)9(3)11(7)15(16)17/h4,13H,2,5-6H2,1,3H3. The minimum atomic E-state index is -0.379. The monoisotopic (exact) mass is 255 g/mol. The van der Waals surface area contributed by atoms with Gasteiger partial charge in [0.05, 0.1) is 10.6 Å². The van der Waals surface area contributed by atoms with Crippen LogP contribution in [0, 0.1) is 24.0 Å². The van der Waals surface area contributed by atoms with Crippen LogP contribution in [-0.2, 0) is 6.54 Å². The number of aromatic nitrogens is 1. The molecule has 5 nitrogen and oxygen atoms in total. The summed E-state index contributed by atoms with van der Waals surface area (Å²) in [5.74, 6) is 0. The van der Waals surface area contributed by atoms with Crippen LogP contribution in [0.1, 0.15) is 16.8 Å². The fraction of sp³-hybridized carbons (Fsp3) is 0.364. The molecule has 1 rings (SSSR count). The van der Waals surface area contributed by atoms with Crippen LogP contribution in [0.15, 0.2) is 17.8 Å². The van der Waals surface area contributed by atoms with Crippen LogP contribution < -0.4 is 5.32 Å². The molecule has 1 heterocycles. The number of rotatable bonds is 5. The van der Waals surface area contributed by atoms with Gasteiger partial charge in [0.2, 0.25) is 0 Å². The van der Waals surface area contributed by atoms with Crippen LogP contribution in [0.2, 0.25) is 0 Å². The molecule has 17 heavy (non-hydrogen) atoms. The molecule has 6 heteroatoms. The van der Waals surface area contributed by atoms with Crippen molar-refractivity contribution in [3.05, 3.63) is 44.7 Å². The van der Waals surface area contributed by atoms with E-state index in [1.807, 2.05) is 0 Å². The Morgan fingerprint density at radius 3 is 2.82 bits per heavy atom. The predicted octanol–water partition coefficient (Wildman–Crippen LogP) is 2.45. The van der Waals surface area contributed by atoms with Gasteiger partial charge in [-0.15, -0.1) is 0 Å². The van der Waals surface area contributed by atoms with E-state index in [0.29, 0.717) is 34.9 Å². The maximum absolute atomic E-state index is 10.9. The molecule has 0 spiro atoms. The SMILES string of the molecule is C=C(Cl)CNCc1ncc(C)c([N+](=O)[O-])c1C. The molecule has 1 aromatic heterocycles. The molecule has 0 saturated heterocycles. The average Bonchev–Trinajstić information content (AvgIpc) is 2.20. The van der Waals surface area contributed by atoms with Crippen molar-refractivity contribution in [1.82, 2.24) is 10.3 Å². The third-order valence-corrected chi connectivity index (χ3v) is 2.50. The zero-order valence-electron chi connectivity index (χ0n) is 9.79. The van der Waals surface area contributed by atoms with Gasteiger partial charge in [-0.05, 0) is 13.8 Å². The van der Waals surface area contributed by atoms with Gasteiger partial charge in [0.25, 0.3) is 5.69 Å². The molecule has 0 fully saturated rings. The number of aryl methyl sites for hydroxylation is 1. The van der Waals surface area contributed by atoms with E-state index in [-0.39, 0.29) is 10.6 Å². The molecule has 0 saturated carbocycles. The first-order valence-electron chi connectivity index (χ1n) is 5.07. The topological polar surface area (TPSA) is 68.1 Å². The van der Waals surface area contributed by atoms with E-state index in [0.717, 1.165) is 0 Å². The molecule has 0 radical (unpaired) electrons. The Morgan fingerprint density at radius 2 is 2.29 bits per heavy atom. The average molecular weight is 256 g/mol. The molecule has 0 atom stereocenters. The number of hydrogen-bond acceptors (Lipinski definition) is 4. The Hall–Kier alpha value is -1.46. The van der Waals surface area contributed by atoms with Crippen molar-refractivity contribution in [3.63, 3.8) is 0 Å². The van der Waals surface area contributed by atoms with E-state index in [4.69, 9.17) is 11.6 Å². The Balaban J connectivity index is 2.91. The van der Waals surface area contributed by atoms with Gasteiger partial charge in [-0.1, -0.05) is 18.2 Å². The molecule has 0 aromatic carbocycles. The molecule has 0 aliphatic rings. The minimum Gasteiger partial charge on any atom is -0.306 e. The number of nitro groups is 1. The fourth-order valence-corrected chi connectivity index (χ4v) is 1.64. The highest BCUT2D eigenvalue weighted by Gasteiger charge is 2.18. The van der Waals surface area contributed by atoms with E-state index < -0.39 is 0 Å². The van der Waals surface area contributed by atoms with Gasteiger partial charge in [-0.2, -0.15) is 0 Å². The third-order valence-electron chi connectivity index (χ3n) is 2.37. The van der Waals surface area contributed by atoms with E-state index in [1.165, 1.54) is 6.20 Å². The van der Waals surface area contributed by atoms with Gasteiger partial charge < -0.3 is 5.32 Å². The van der Waals surface area contributed by atoms with Crippen LogP contribution in [0.3, 0.4) is 0 Å². The molecular weight excluding hydrogens is 242 g/mol. The first-order chi connectivity index (χ1) is 7.93. The van der Waals surface area contributed by atoms with E-state index >= 15 is 0 Å². The number of nitrogens with zero attached hydrogens (tertiary/aromatic N) is 2. The van der Waals surface area contributed by atoms with Gasteiger partial charge >= 0.3 is 0 Å². The maximum Gasteiger partial charge on any atom is 0.278 e. The van der Waals surface area contributed by atoms with Crippen LogP contribution in [-0.4, -0.2) is 16.5 Å². The summed E-state index contributed by atoms with van der Waals surface area (Å²) in [6, 6.07) is 0. The highest BCUT2D eigenvalue weighted by molar-refractivity contribution is 6.29. The van der Waals surface area contributed by atoms with Crippen molar-refractivity contribution in [2.75, 3.05) is 6.54 Å². The number of pyridine rings is 1. The van der Waals surface area contributed by atoms with Crippen LogP contribution in [0.5, 0.6) is 0 Å². The Morgan fingerprint density at radius 1 is 1.65 bits per heavy atom. The first-order valence-corrected chi connectivity index (χ1v) is 5.44. The zero-order chi connectivity index (χ0) is 13.0. The van der Waals surface area contributed by atoms with Crippen molar-refractivity contribution >= 4 is 17.3 Å². The van der Waals surface area contributed by atoms with E-state index in [2.05, 4.69) is 16.9 Å². The van der Waals surface area contributed by atoms with Crippen molar-refractivity contribution < 1.29 is 4.92 Å². The molecule has 0 unspecified atom stereocenters. The second kappa shape index (κ2) is 5.75. The first kappa shape index (κ1) is 13.6. The van der Waals surface area contributed by atoms with Crippen LogP contribution in [0.4, 0.5) is 5.69 Å². The maximum atomic E-state index is 10.9. The number of nitrogens with one attached hydrogen (secondary N) is 1. The van der Waals surface area contributed by atoms with E-state index in [1.54, 1.807) is 13.8 Å². The van der Waals surface area contributed by atoms with Gasteiger partial charge in [0.1, 0.15) is 0 Å². The lowest BCUT2D eigenvalue weighted by Crippen LogP contribution is -2.17. The summed E-state index contributed by atoms with van der Waals surface area (Å²) in [4.78, 5) is 14.7. The van der Waals surface area contributed by atoms with Gasteiger partial charge in [0.15, 0.2) is 0 Å². The largest absolute Gasteiger partial charge is 0.306 e. The number of hydrogen-bond donors (Lipinski definition) is 1. The zero-order valence-corrected chi connectivity index (χ0v) is 10.5. The molecule has 0 bridgehead atoms. The highest BCUT2D eigenvalue weighted by Crippen LogP contribution is 2.23. The summed E-state index contributed by atoms with van der Waals surface area (Å²) in [5.41, 5.74) is 1.93. The summed E-state index contributed by atoms with van der Waals surface area (Å²) in [6.07, 6.45) is 1.51. The molecule has 1 aromatic rings. The second-order valence-electron chi connectivity index (χ2n) is 3.74. The van der Waals surface area contributed by atoms with E-state index in [9.17, 15) is 10.1 Å². The highest BCUT2D eigenvalue weighted by atomic mass is 35.5. The Kier molecular flexibility index (Phi) is 4.60. The van der Waals surface area contributed by atoms with Crippen LogP contribution in [0.25, 0.3) is 0 Å².